The Kier molecular flexibility index (Phi) is 6.09. The van der Waals surface area contributed by atoms with Crippen LogP contribution in [0.4, 0.5) is 0 Å². The van der Waals surface area contributed by atoms with Crippen molar-refractivity contribution in [3.63, 3.8) is 0 Å². The Labute approximate surface area is 134 Å². The average molecular weight is 319 g/mol. The second-order valence-electron chi connectivity index (χ2n) is 4.67. The first-order valence-corrected chi connectivity index (χ1v) is 8.06. The second-order valence-corrected chi connectivity index (χ2v) is 5.45. The lowest BCUT2D eigenvalue weighted by molar-refractivity contribution is 0.410. The van der Waals surface area contributed by atoms with Crippen LogP contribution >= 0.6 is 11.3 Å². The summed E-state index contributed by atoms with van der Waals surface area (Å²) in [6.45, 7) is 3.89. The number of ether oxygens (including phenoxy) is 1. The maximum absolute atomic E-state index is 9.90. The molecule has 0 amide bonds. The minimum atomic E-state index is 0.238. The zero-order chi connectivity index (χ0) is 15.8. The highest BCUT2D eigenvalue weighted by molar-refractivity contribution is 7.07. The van der Waals surface area contributed by atoms with Crippen LogP contribution in [0.25, 0.3) is 0 Å². The van der Waals surface area contributed by atoms with Gasteiger partial charge in [-0.1, -0.05) is 0 Å². The first-order chi connectivity index (χ1) is 10.7. The SMILES string of the molecule is CCNC(=NCc1ccsc1)NCc1cc(OC)ccc1O. The number of rotatable bonds is 6. The molecule has 2 aromatic rings. The number of phenols is 1. The summed E-state index contributed by atoms with van der Waals surface area (Å²) in [5, 5.41) is 20.4. The van der Waals surface area contributed by atoms with E-state index < -0.39 is 0 Å². The molecule has 2 rings (SSSR count). The number of aliphatic imine (C=N–C) groups is 1. The third-order valence-corrected chi connectivity index (χ3v) is 3.81. The largest absolute Gasteiger partial charge is 0.508 e. The molecule has 3 N–H and O–H groups in total. The number of aromatic hydroxyl groups is 1. The number of benzene rings is 1. The lowest BCUT2D eigenvalue weighted by Crippen LogP contribution is -2.36. The molecule has 0 aliphatic rings. The number of nitrogens with one attached hydrogen (secondary N) is 2. The second kappa shape index (κ2) is 8.29. The molecule has 0 unspecified atom stereocenters. The fourth-order valence-electron chi connectivity index (χ4n) is 1.90. The van der Waals surface area contributed by atoms with Crippen molar-refractivity contribution >= 4 is 17.3 Å². The third-order valence-electron chi connectivity index (χ3n) is 3.08. The standard InChI is InChI=1S/C16H21N3O2S/c1-3-17-16(18-9-12-6-7-22-11-12)19-10-13-8-14(21-2)4-5-15(13)20/h4-8,11,20H,3,9-10H2,1-2H3,(H2,17,18,19). The molecule has 6 heteroatoms. The summed E-state index contributed by atoms with van der Waals surface area (Å²) in [5.41, 5.74) is 1.95. The van der Waals surface area contributed by atoms with Gasteiger partial charge in [0.15, 0.2) is 5.96 Å². The lowest BCUT2D eigenvalue weighted by atomic mass is 10.2. The van der Waals surface area contributed by atoms with Crippen molar-refractivity contribution in [3.05, 3.63) is 46.2 Å². The van der Waals surface area contributed by atoms with Crippen molar-refractivity contribution in [1.82, 2.24) is 10.6 Å². The smallest absolute Gasteiger partial charge is 0.191 e. The predicted molar refractivity (Wildman–Crippen MR) is 90.6 cm³/mol. The first kappa shape index (κ1) is 16.2. The van der Waals surface area contributed by atoms with Gasteiger partial charge in [0, 0.05) is 18.7 Å². The van der Waals surface area contributed by atoms with E-state index in [2.05, 4.69) is 27.1 Å². The topological polar surface area (TPSA) is 65.9 Å². The van der Waals surface area contributed by atoms with Crippen LogP contribution in [-0.4, -0.2) is 24.7 Å². The molecule has 0 bridgehead atoms. The maximum Gasteiger partial charge on any atom is 0.191 e. The molecular weight excluding hydrogens is 298 g/mol. The van der Waals surface area contributed by atoms with E-state index in [1.165, 1.54) is 5.56 Å². The van der Waals surface area contributed by atoms with Crippen molar-refractivity contribution in [2.45, 2.75) is 20.0 Å². The number of nitrogens with zero attached hydrogens (tertiary/aromatic N) is 1. The normalized spacial score (nSPS) is 11.3. The number of phenolic OH excluding ortho intramolecular Hbond substituents is 1. The highest BCUT2D eigenvalue weighted by atomic mass is 32.1. The van der Waals surface area contributed by atoms with Crippen LogP contribution < -0.4 is 15.4 Å². The Bertz CT molecular complexity index is 612. The van der Waals surface area contributed by atoms with Crippen molar-refractivity contribution < 1.29 is 9.84 Å². The number of hydrogen-bond donors (Lipinski definition) is 3. The zero-order valence-corrected chi connectivity index (χ0v) is 13.6. The van der Waals surface area contributed by atoms with Crippen molar-refractivity contribution in [1.29, 1.82) is 0 Å². The van der Waals surface area contributed by atoms with Crippen LogP contribution in [0.15, 0.2) is 40.0 Å². The van der Waals surface area contributed by atoms with E-state index in [1.807, 2.05) is 18.4 Å². The predicted octanol–water partition coefficient (Wildman–Crippen LogP) is 2.72. The van der Waals surface area contributed by atoms with E-state index in [-0.39, 0.29) is 5.75 Å². The lowest BCUT2D eigenvalue weighted by Gasteiger charge is -2.12. The molecule has 1 heterocycles. The Morgan fingerprint density at radius 2 is 2.18 bits per heavy atom. The molecule has 0 aliphatic carbocycles. The van der Waals surface area contributed by atoms with Gasteiger partial charge in [0.25, 0.3) is 0 Å². The van der Waals surface area contributed by atoms with Crippen LogP contribution in [0.1, 0.15) is 18.1 Å². The summed E-state index contributed by atoms with van der Waals surface area (Å²) in [6.07, 6.45) is 0. The highest BCUT2D eigenvalue weighted by Gasteiger charge is 2.05. The van der Waals surface area contributed by atoms with Gasteiger partial charge >= 0.3 is 0 Å². The Balaban J connectivity index is 2.00. The Morgan fingerprint density at radius 1 is 1.32 bits per heavy atom. The van der Waals surface area contributed by atoms with Gasteiger partial charge < -0.3 is 20.5 Å². The summed E-state index contributed by atoms with van der Waals surface area (Å²) in [7, 11) is 1.61. The minimum Gasteiger partial charge on any atom is -0.508 e. The van der Waals surface area contributed by atoms with Gasteiger partial charge in [0.1, 0.15) is 11.5 Å². The maximum atomic E-state index is 9.90. The van der Waals surface area contributed by atoms with Crippen LogP contribution in [0, 0.1) is 0 Å². The number of hydrogen-bond acceptors (Lipinski definition) is 4. The summed E-state index contributed by atoms with van der Waals surface area (Å²) < 4.78 is 5.18. The summed E-state index contributed by atoms with van der Waals surface area (Å²) in [5.74, 6) is 1.67. The van der Waals surface area contributed by atoms with Crippen LogP contribution in [0.3, 0.4) is 0 Å². The molecule has 22 heavy (non-hydrogen) atoms. The molecule has 0 aliphatic heterocycles. The summed E-state index contributed by atoms with van der Waals surface area (Å²) in [6, 6.07) is 7.23. The van der Waals surface area contributed by atoms with Gasteiger partial charge in [-0.3, -0.25) is 0 Å². The van der Waals surface area contributed by atoms with E-state index in [9.17, 15) is 5.11 Å². The van der Waals surface area contributed by atoms with Crippen molar-refractivity contribution in [3.8, 4) is 11.5 Å². The fraction of sp³-hybridized carbons (Fsp3) is 0.312. The summed E-state index contributed by atoms with van der Waals surface area (Å²) >= 11 is 1.66. The van der Waals surface area contributed by atoms with Gasteiger partial charge in [-0.05, 0) is 47.5 Å². The van der Waals surface area contributed by atoms with Crippen LogP contribution in [0.2, 0.25) is 0 Å². The van der Waals surface area contributed by atoms with Gasteiger partial charge in [-0.2, -0.15) is 11.3 Å². The highest BCUT2D eigenvalue weighted by Crippen LogP contribution is 2.22. The minimum absolute atomic E-state index is 0.238. The summed E-state index contributed by atoms with van der Waals surface area (Å²) in [4.78, 5) is 4.53. The quantitative estimate of drug-likeness (QED) is 0.566. The van der Waals surface area contributed by atoms with Crippen molar-refractivity contribution in [2.24, 2.45) is 4.99 Å². The monoisotopic (exact) mass is 319 g/mol. The third kappa shape index (κ3) is 4.66. The number of guanidine groups is 1. The van der Waals surface area contributed by atoms with Gasteiger partial charge in [0.05, 0.1) is 13.7 Å². The molecule has 118 valence electrons. The van der Waals surface area contributed by atoms with Gasteiger partial charge in [-0.25, -0.2) is 4.99 Å². The van der Waals surface area contributed by atoms with Crippen LogP contribution in [-0.2, 0) is 13.1 Å². The zero-order valence-electron chi connectivity index (χ0n) is 12.8. The van der Waals surface area contributed by atoms with Gasteiger partial charge in [-0.15, -0.1) is 0 Å². The Morgan fingerprint density at radius 3 is 2.86 bits per heavy atom. The molecule has 0 spiro atoms. The average Bonchev–Trinajstić information content (AvgIpc) is 3.05. The fourth-order valence-corrected chi connectivity index (χ4v) is 2.56. The molecule has 0 saturated carbocycles. The molecular formula is C16H21N3O2S. The molecule has 1 aromatic carbocycles. The Hall–Kier alpha value is -2.21. The number of thiophene rings is 1. The molecule has 1 aromatic heterocycles. The van der Waals surface area contributed by atoms with E-state index in [1.54, 1.807) is 30.6 Å². The van der Waals surface area contributed by atoms with E-state index in [0.717, 1.165) is 23.8 Å². The molecule has 5 nitrogen and oxygen atoms in total. The van der Waals surface area contributed by atoms with E-state index in [4.69, 9.17) is 4.74 Å². The van der Waals surface area contributed by atoms with Crippen molar-refractivity contribution in [2.75, 3.05) is 13.7 Å². The van der Waals surface area contributed by atoms with E-state index in [0.29, 0.717) is 13.1 Å². The first-order valence-electron chi connectivity index (χ1n) is 7.12. The van der Waals surface area contributed by atoms with E-state index >= 15 is 0 Å². The molecule has 0 radical (unpaired) electrons. The molecule has 0 fully saturated rings. The molecule has 0 saturated heterocycles. The van der Waals surface area contributed by atoms with Gasteiger partial charge in [0.2, 0.25) is 0 Å². The number of methoxy groups -OCH3 is 1. The van der Waals surface area contributed by atoms with Crippen LogP contribution in [0.5, 0.6) is 11.5 Å². The molecule has 0 atom stereocenters.